The molecule has 2 aliphatic heterocycles. The van der Waals surface area contributed by atoms with Crippen LogP contribution in [0.5, 0.6) is 0 Å². The van der Waals surface area contributed by atoms with E-state index in [9.17, 15) is 9.59 Å². The van der Waals surface area contributed by atoms with Crippen molar-refractivity contribution in [3.8, 4) is 0 Å². The van der Waals surface area contributed by atoms with Gasteiger partial charge < -0.3 is 9.80 Å². The van der Waals surface area contributed by atoms with E-state index in [2.05, 4.69) is 11.0 Å². The molecule has 0 aromatic carbocycles. The maximum Gasteiger partial charge on any atom is 0.230 e. The molecule has 4 nitrogen and oxygen atoms in total. The second kappa shape index (κ2) is 8.36. The van der Waals surface area contributed by atoms with Gasteiger partial charge in [-0.05, 0) is 63.7 Å². The zero-order valence-electron chi connectivity index (χ0n) is 16.9. The highest BCUT2D eigenvalue weighted by Gasteiger charge is 2.49. The van der Waals surface area contributed by atoms with Crippen molar-refractivity contribution in [1.82, 2.24) is 9.80 Å². The average molecular weight is 373 g/mol. The number of nitrogens with zero attached hydrogens (tertiary/aromatic N) is 2. The van der Waals surface area contributed by atoms with Gasteiger partial charge in [-0.2, -0.15) is 0 Å². The molecular weight excluding hydrogens is 336 g/mol. The topological polar surface area (TPSA) is 40.6 Å². The standard InChI is InChI=1S/C23H36N2O2/c26-21(16-19-8-3-1-4-9-19)25-15-13-23(18-25)12-7-14-24(22(23)27)17-20-10-5-2-6-11-20/h8,20H,1-7,9-18H2. The number of rotatable bonds is 4. The quantitative estimate of drug-likeness (QED) is 0.691. The van der Waals surface area contributed by atoms with Gasteiger partial charge in [-0.1, -0.05) is 30.9 Å². The Bertz CT molecular complexity index is 593. The fraction of sp³-hybridized carbons (Fsp3) is 0.826. The SMILES string of the molecule is O=C(CC1=CCCCC1)N1CCC2(CCCN(CC3CCCCC3)C2=O)C1. The third kappa shape index (κ3) is 4.25. The van der Waals surface area contributed by atoms with Crippen LogP contribution in [-0.2, 0) is 9.59 Å². The summed E-state index contributed by atoms with van der Waals surface area (Å²) in [6.07, 6.45) is 17.1. The second-order valence-electron chi connectivity index (χ2n) is 9.49. The minimum Gasteiger partial charge on any atom is -0.342 e. The first-order chi connectivity index (χ1) is 13.2. The van der Waals surface area contributed by atoms with Crippen molar-refractivity contribution in [1.29, 1.82) is 0 Å². The number of likely N-dealkylation sites (tertiary alicyclic amines) is 2. The second-order valence-corrected chi connectivity index (χ2v) is 9.49. The summed E-state index contributed by atoms with van der Waals surface area (Å²) in [6.45, 7) is 3.33. The Morgan fingerprint density at radius 1 is 1.04 bits per heavy atom. The molecule has 4 heteroatoms. The predicted octanol–water partition coefficient (Wildman–Crippen LogP) is 4.30. The summed E-state index contributed by atoms with van der Waals surface area (Å²) in [5.74, 6) is 1.30. The molecule has 1 saturated carbocycles. The van der Waals surface area contributed by atoms with E-state index in [0.29, 0.717) is 24.8 Å². The lowest BCUT2D eigenvalue weighted by Crippen LogP contribution is -2.51. The van der Waals surface area contributed by atoms with Crippen molar-refractivity contribution in [3.05, 3.63) is 11.6 Å². The molecule has 4 rings (SSSR count). The van der Waals surface area contributed by atoms with Crippen molar-refractivity contribution in [2.45, 2.75) is 83.5 Å². The van der Waals surface area contributed by atoms with E-state index in [0.717, 1.165) is 51.7 Å². The zero-order chi connectivity index (χ0) is 18.7. The molecule has 1 unspecified atom stereocenters. The number of carbonyl (C=O) groups is 2. The summed E-state index contributed by atoms with van der Waals surface area (Å²) >= 11 is 0. The summed E-state index contributed by atoms with van der Waals surface area (Å²) in [6, 6.07) is 0. The van der Waals surface area contributed by atoms with E-state index in [1.54, 1.807) is 0 Å². The molecule has 2 aliphatic carbocycles. The number of hydrogen-bond donors (Lipinski definition) is 0. The van der Waals surface area contributed by atoms with Gasteiger partial charge in [0.15, 0.2) is 0 Å². The third-order valence-electron chi connectivity index (χ3n) is 7.50. The van der Waals surface area contributed by atoms with Gasteiger partial charge in [-0.3, -0.25) is 9.59 Å². The van der Waals surface area contributed by atoms with E-state index >= 15 is 0 Å². The summed E-state index contributed by atoms with van der Waals surface area (Å²) in [7, 11) is 0. The molecule has 4 aliphatic rings. The van der Waals surface area contributed by atoms with Crippen LogP contribution >= 0.6 is 0 Å². The number of hydrogen-bond acceptors (Lipinski definition) is 2. The molecule has 0 N–H and O–H groups in total. The van der Waals surface area contributed by atoms with Crippen LogP contribution in [0.1, 0.15) is 83.5 Å². The smallest absolute Gasteiger partial charge is 0.230 e. The Balaban J connectivity index is 1.35. The lowest BCUT2D eigenvalue weighted by Gasteiger charge is -2.41. The molecule has 1 atom stereocenters. The number of amides is 2. The largest absolute Gasteiger partial charge is 0.342 e. The molecule has 2 saturated heterocycles. The Labute approximate surface area is 164 Å². The van der Waals surface area contributed by atoms with Crippen molar-refractivity contribution < 1.29 is 9.59 Å². The fourth-order valence-corrected chi connectivity index (χ4v) is 5.84. The lowest BCUT2D eigenvalue weighted by atomic mass is 9.77. The lowest BCUT2D eigenvalue weighted by molar-refractivity contribution is -0.147. The maximum absolute atomic E-state index is 13.4. The first-order valence-electron chi connectivity index (χ1n) is 11.4. The molecule has 0 aromatic rings. The van der Waals surface area contributed by atoms with Gasteiger partial charge in [0.05, 0.1) is 5.41 Å². The Hall–Kier alpha value is -1.32. The molecule has 27 heavy (non-hydrogen) atoms. The maximum atomic E-state index is 13.4. The van der Waals surface area contributed by atoms with Crippen LogP contribution in [0.15, 0.2) is 11.6 Å². The Kier molecular flexibility index (Phi) is 5.89. The van der Waals surface area contributed by atoms with Crippen molar-refractivity contribution in [2.24, 2.45) is 11.3 Å². The highest BCUT2D eigenvalue weighted by atomic mass is 16.2. The zero-order valence-corrected chi connectivity index (χ0v) is 16.9. The molecule has 0 aromatic heterocycles. The first-order valence-corrected chi connectivity index (χ1v) is 11.4. The van der Waals surface area contributed by atoms with Crippen molar-refractivity contribution in [2.75, 3.05) is 26.2 Å². The Morgan fingerprint density at radius 2 is 1.89 bits per heavy atom. The number of allylic oxidation sites excluding steroid dienone is 1. The van der Waals surface area contributed by atoms with Crippen LogP contribution in [-0.4, -0.2) is 47.8 Å². The van der Waals surface area contributed by atoms with Gasteiger partial charge in [0.1, 0.15) is 0 Å². The van der Waals surface area contributed by atoms with E-state index in [4.69, 9.17) is 0 Å². The molecule has 2 amide bonds. The molecule has 1 spiro atoms. The fourth-order valence-electron chi connectivity index (χ4n) is 5.84. The minimum atomic E-state index is -0.274. The van der Waals surface area contributed by atoms with Gasteiger partial charge in [-0.15, -0.1) is 0 Å². The average Bonchev–Trinajstić information content (AvgIpc) is 3.13. The molecule has 150 valence electrons. The van der Waals surface area contributed by atoms with E-state index in [1.165, 1.54) is 50.5 Å². The van der Waals surface area contributed by atoms with E-state index in [1.807, 2.05) is 4.90 Å². The summed E-state index contributed by atoms with van der Waals surface area (Å²) in [5, 5.41) is 0. The highest BCUT2D eigenvalue weighted by molar-refractivity contribution is 5.86. The van der Waals surface area contributed by atoms with Gasteiger partial charge in [0.2, 0.25) is 11.8 Å². The predicted molar refractivity (Wildman–Crippen MR) is 107 cm³/mol. The van der Waals surface area contributed by atoms with Gasteiger partial charge >= 0.3 is 0 Å². The highest BCUT2D eigenvalue weighted by Crippen LogP contribution is 2.41. The first kappa shape index (κ1) is 19.0. The molecule has 2 heterocycles. The van der Waals surface area contributed by atoms with Crippen LogP contribution in [0.3, 0.4) is 0 Å². The molecule has 0 bridgehead atoms. The summed E-state index contributed by atoms with van der Waals surface area (Å²) in [5.41, 5.74) is 1.05. The van der Waals surface area contributed by atoms with Crippen LogP contribution < -0.4 is 0 Å². The van der Waals surface area contributed by atoms with E-state index in [-0.39, 0.29) is 11.3 Å². The third-order valence-corrected chi connectivity index (χ3v) is 7.50. The van der Waals surface area contributed by atoms with Gasteiger partial charge in [0, 0.05) is 32.6 Å². The number of carbonyl (C=O) groups excluding carboxylic acids is 2. The molecule has 3 fully saturated rings. The monoisotopic (exact) mass is 372 g/mol. The van der Waals surface area contributed by atoms with Crippen LogP contribution in [0.25, 0.3) is 0 Å². The van der Waals surface area contributed by atoms with E-state index < -0.39 is 0 Å². The summed E-state index contributed by atoms with van der Waals surface area (Å²) < 4.78 is 0. The summed E-state index contributed by atoms with van der Waals surface area (Å²) in [4.78, 5) is 30.3. The van der Waals surface area contributed by atoms with Crippen molar-refractivity contribution >= 4 is 11.8 Å². The van der Waals surface area contributed by atoms with Crippen LogP contribution in [0, 0.1) is 11.3 Å². The number of piperidine rings is 1. The van der Waals surface area contributed by atoms with Crippen LogP contribution in [0.4, 0.5) is 0 Å². The molecule has 0 radical (unpaired) electrons. The van der Waals surface area contributed by atoms with Gasteiger partial charge in [-0.25, -0.2) is 0 Å². The van der Waals surface area contributed by atoms with Crippen LogP contribution in [0.2, 0.25) is 0 Å². The minimum absolute atomic E-state index is 0.247. The van der Waals surface area contributed by atoms with Gasteiger partial charge in [0.25, 0.3) is 0 Å². The Morgan fingerprint density at radius 3 is 2.67 bits per heavy atom. The normalized spacial score (nSPS) is 30.1. The van der Waals surface area contributed by atoms with Crippen molar-refractivity contribution in [3.63, 3.8) is 0 Å². The molecular formula is C23H36N2O2.